The van der Waals surface area contributed by atoms with Crippen LogP contribution in [0.25, 0.3) is 0 Å². The topological polar surface area (TPSA) is 102 Å². The molecule has 8 nitrogen and oxygen atoms in total. The molecule has 1 aliphatic rings. The van der Waals surface area contributed by atoms with Crippen LogP contribution in [0, 0.1) is 10.1 Å². The number of anilines is 4. The van der Waals surface area contributed by atoms with E-state index < -0.39 is 22.5 Å². The zero-order valence-electron chi connectivity index (χ0n) is 18.0. The minimum absolute atomic E-state index is 0.0677. The van der Waals surface area contributed by atoms with Crippen molar-refractivity contribution in [2.45, 2.75) is 44.4 Å². The summed E-state index contributed by atoms with van der Waals surface area (Å²) in [5.74, 6) is 0.128. The number of rotatable bonds is 7. The van der Waals surface area contributed by atoms with E-state index in [0.717, 1.165) is 37.5 Å². The van der Waals surface area contributed by atoms with Crippen LogP contribution in [0.5, 0.6) is 5.75 Å². The molecule has 0 atom stereocenters. The van der Waals surface area contributed by atoms with Crippen LogP contribution in [0.3, 0.4) is 0 Å². The molecular formula is C23H22F3N5O3. The molecule has 1 heterocycles. The summed E-state index contributed by atoms with van der Waals surface area (Å²) in [6.07, 6.45) is 1.74. The fourth-order valence-electron chi connectivity index (χ4n) is 3.70. The second-order valence-corrected chi connectivity index (χ2v) is 7.91. The summed E-state index contributed by atoms with van der Waals surface area (Å²) in [7, 11) is 0. The number of alkyl halides is 3. The lowest BCUT2D eigenvalue weighted by Crippen LogP contribution is -2.19. The second kappa shape index (κ2) is 9.94. The molecule has 2 N–H and O–H groups in total. The highest BCUT2D eigenvalue weighted by molar-refractivity contribution is 5.64. The molecule has 4 rings (SSSR count). The molecule has 0 amide bonds. The lowest BCUT2D eigenvalue weighted by molar-refractivity contribution is -0.384. The fraction of sp³-hybridized carbons (Fsp3) is 0.304. The van der Waals surface area contributed by atoms with E-state index in [9.17, 15) is 23.3 Å². The van der Waals surface area contributed by atoms with Crippen LogP contribution in [-0.4, -0.2) is 21.0 Å². The van der Waals surface area contributed by atoms with Crippen LogP contribution in [0.1, 0.15) is 37.7 Å². The van der Waals surface area contributed by atoms with E-state index in [-0.39, 0.29) is 23.4 Å². The number of non-ortho nitro benzene ring substituents is 1. The SMILES string of the molecule is O=[N+]([O-])c1cccc(Nc2nc(Nc3ccc(OC4CCCCC4)cc3)ncc2C(F)(F)F)c1. The monoisotopic (exact) mass is 473 g/mol. The van der Waals surface area contributed by atoms with Crippen molar-refractivity contribution in [1.82, 2.24) is 9.97 Å². The summed E-state index contributed by atoms with van der Waals surface area (Å²) in [4.78, 5) is 18.1. The summed E-state index contributed by atoms with van der Waals surface area (Å²) < 4.78 is 46.5. The number of hydrogen-bond donors (Lipinski definition) is 2. The van der Waals surface area contributed by atoms with E-state index in [4.69, 9.17) is 4.74 Å². The van der Waals surface area contributed by atoms with Crippen LogP contribution in [0.4, 0.5) is 42.0 Å². The average Bonchev–Trinajstić information content (AvgIpc) is 2.81. The number of nitrogens with zero attached hydrogens (tertiary/aromatic N) is 3. The van der Waals surface area contributed by atoms with Crippen molar-refractivity contribution >= 4 is 28.8 Å². The Bertz CT molecular complexity index is 1150. The molecule has 11 heteroatoms. The number of benzene rings is 2. The summed E-state index contributed by atoms with van der Waals surface area (Å²) in [5.41, 5.74) is -0.701. The normalized spacial score (nSPS) is 14.4. The predicted molar refractivity (Wildman–Crippen MR) is 121 cm³/mol. The molecule has 0 spiro atoms. The van der Waals surface area contributed by atoms with Crippen molar-refractivity contribution in [3.63, 3.8) is 0 Å². The molecule has 1 aliphatic carbocycles. The zero-order valence-corrected chi connectivity index (χ0v) is 18.0. The molecule has 1 saturated carbocycles. The van der Waals surface area contributed by atoms with Gasteiger partial charge in [0.25, 0.3) is 5.69 Å². The third-order valence-corrected chi connectivity index (χ3v) is 5.38. The van der Waals surface area contributed by atoms with E-state index >= 15 is 0 Å². The first-order valence-corrected chi connectivity index (χ1v) is 10.8. The Balaban J connectivity index is 1.52. The molecule has 1 aromatic heterocycles. The molecule has 3 aromatic rings. The minimum Gasteiger partial charge on any atom is -0.490 e. The Kier molecular flexibility index (Phi) is 6.80. The van der Waals surface area contributed by atoms with Crippen molar-refractivity contribution in [3.05, 3.63) is 70.4 Å². The highest BCUT2D eigenvalue weighted by Crippen LogP contribution is 2.36. The Morgan fingerprint density at radius 2 is 1.74 bits per heavy atom. The van der Waals surface area contributed by atoms with Gasteiger partial charge in [-0.3, -0.25) is 10.1 Å². The minimum atomic E-state index is -4.72. The third-order valence-electron chi connectivity index (χ3n) is 5.38. The van der Waals surface area contributed by atoms with Gasteiger partial charge in [-0.05, 0) is 56.0 Å². The van der Waals surface area contributed by atoms with Gasteiger partial charge in [-0.2, -0.15) is 18.2 Å². The molecule has 0 saturated heterocycles. The first-order valence-electron chi connectivity index (χ1n) is 10.8. The van der Waals surface area contributed by atoms with Gasteiger partial charge >= 0.3 is 6.18 Å². The first kappa shape index (κ1) is 23.3. The maximum atomic E-state index is 13.5. The van der Waals surface area contributed by atoms with Crippen molar-refractivity contribution in [2.75, 3.05) is 10.6 Å². The molecule has 0 aliphatic heterocycles. The van der Waals surface area contributed by atoms with Gasteiger partial charge < -0.3 is 15.4 Å². The average molecular weight is 473 g/mol. The fourth-order valence-corrected chi connectivity index (χ4v) is 3.70. The first-order chi connectivity index (χ1) is 16.3. The molecule has 178 valence electrons. The van der Waals surface area contributed by atoms with Crippen LogP contribution in [0.15, 0.2) is 54.7 Å². The molecule has 0 radical (unpaired) electrons. The largest absolute Gasteiger partial charge is 0.490 e. The summed E-state index contributed by atoms with van der Waals surface area (Å²) in [6.45, 7) is 0. The van der Waals surface area contributed by atoms with E-state index in [2.05, 4.69) is 20.6 Å². The lowest BCUT2D eigenvalue weighted by atomic mass is 9.98. The molecule has 2 aromatic carbocycles. The van der Waals surface area contributed by atoms with Gasteiger partial charge in [0.1, 0.15) is 17.1 Å². The van der Waals surface area contributed by atoms with Gasteiger partial charge in [-0.25, -0.2) is 4.98 Å². The van der Waals surface area contributed by atoms with Crippen LogP contribution in [0.2, 0.25) is 0 Å². The van der Waals surface area contributed by atoms with E-state index in [1.54, 1.807) is 24.3 Å². The van der Waals surface area contributed by atoms with Crippen molar-refractivity contribution in [1.29, 1.82) is 0 Å². The third kappa shape index (κ3) is 5.91. The summed E-state index contributed by atoms with van der Waals surface area (Å²) in [5, 5.41) is 16.4. The quantitative estimate of drug-likeness (QED) is 0.294. The Labute approximate surface area is 193 Å². The summed E-state index contributed by atoms with van der Waals surface area (Å²) in [6, 6.07) is 12.2. The van der Waals surface area contributed by atoms with Crippen LogP contribution >= 0.6 is 0 Å². The van der Waals surface area contributed by atoms with Crippen LogP contribution < -0.4 is 15.4 Å². The van der Waals surface area contributed by atoms with Gasteiger partial charge in [0.2, 0.25) is 5.95 Å². The maximum absolute atomic E-state index is 13.5. The highest BCUT2D eigenvalue weighted by atomic mass is 19.4. The van der Waals surface area contributed by atoms with Gasteiger partial charge in [-0.15, -0.1) is 0 Å². The van der Waals surface area contributed by atoms with Crippen molar-refractivity contribution in [2.24, 2.45) is 0 Å². The van der Waals surface area contributed by atoms with E-state index in [0.29, 0.717) is 11.9 Å². The van der Waals surface area contributed by atoms with Crippen molar-refractivity contribution in [3.8, 4) is 5.75 Å². The van der Waals surface area contributed by atoms with E-state index in [1.165, 1.54) is 24.6 Å². The standard InChI is InChI=1S/C23H22F3N5O3/c24-23(25,26)20-14-27-22(30-21(20)28-16-5-4-6-17(13-16)31(32)33)29-15-9-11-19(12-10-15)34-18-7-2-1-3-8-18/h4-6,9-14,18H,1-3,7-8H2,(H2,27,28,29,30). The van der Waals surface area contributed by atoms with Crippen molar-refractivity contribution < 1.29 is 22.8 Å². The predicted octanol–water partition coefficient (Wildman–Crippen LogP) is 6.60. The van der Waals surface area contributed by atoms with Gasteiger partial charge in [-0.1, -0.05) is 12.5 Å². The molecule has 0 unspecified atom stereocenters. The number of hydrogen-bond acceptors (Lipinski definition) is 7. The number of nitro groups is 1. The molecule has 0 bridgehead atoms. The zero-order chi connectivity index (χ0) is 24.1. The summed E-state index contributed by atoms with van der Waals surface area (Å²) >= 11 is 0. The van der Waals surface area contributed by atoms with E-state index in [1.807, 2.05) is 0 Å². The lowest BCUT2D eigenvalue weighted by Gasteiger charge is -2.23. The number of halogens is 3. The number of nitrogens with one attached hydrogen (secondary N) is 2. The smallest absolute Gasteiger partial charge is 0.421 e. The van der Waals surface area contributed by atoms with Gasteiger partial charge in [0.15, 0.2) is 0 Å². The highest BCUT2D eigenvalue weighted by Gasteiger charge is 2.35. The Hall–Kier alpha value is -3.89. The van der Waals surface area contributed by atoms with Gasteiger partial charge in [0, 0.05) is 29.7 Å². The molecule has 1 fully saturated rings. The Morgan fingerprint density at radius 3 is 2.41 bits per heavy atom. The van der Waals surface area contributed by atoms with Crippen LogP contribution in [-0.2, 0) is 6.18 Å². The number of aromatic nitrogens is 2. The second-order valence-electron chi connectivity index (χ2n) is 7.91. The van der Waals surface area contributed by atoms with Gasteiger partial charge in [0.05, 0.1) is 11.0 Å². The molecule has 34 heavy (non-hydrogen) atoms. The number of ether oxygens (including phenoxy) is 1. The molecular weight excluding hydrogens is 451 g/mol. The Morgan fingerprint density at radius 1 is 1.00 bits per heavy atom. The number of nitro benzene ring substituents is 1. The maximum Gasteiger partial charge on any atom is 0.421 e.